The molecule has 7 rings (SSSR count). The number of anilines is 1. The van der Waals surface area contributed by atoms with Crippen molar-refractivity contribution in [3.05, 3.63) is 48.5 Å². The van der Waals surface area contributed by atoms with Gasteiger partial charge < -0.3 is 10.6 Å². The van der Waals surface area contributed by atoms with E-state index >= 15 is 0 Å². The van der Waals surface area contributed by atoms with Gasteiger partial charge in [0.1, 0.15) is 5.01 Å². The van der Waals surface area contributed by atoms with E-state index in [9.17, 15) is 4.79 Å². The zero-order valence-corrected chi connectivity index (χ0v) is 19.6. The summed E-state index contributed by atoms with van der Waals surface area (Å²) in [4.78, 5) is 17.6. The van der Waals surface area contributed by atoms with Gasteiger partial charge in [-0.05, 0) is 98.2 Å². The van der Waals surface area contributed by atoms with E-state index < -0.39 is 0 Å². The van der Waals surface area contributed by atoms with E-state index in [0.717, 1.165) is 39.5 Å². The van der Waals surface area contributed by atoms with Crippen molar-refractivity contribution in [2.24, 2.45) is 23.2 Å². The highest BCUT2D eigenvalue weighted by molar-refractivity contribution is 7.80. The van der Waals surface area contributed by atoms with Crippen molar-refractivity contribution in [1.29, 1.82) is 0 Å². The Morgan fingerprint density at radius 3 is 2.47 bits per heavy atom. The Morgan fingerprint density at radius 1 is 1.03 bits per heavy atom. The van der Waals surface area contributed by atoms with Gasteiger partial charge in [0, 0.05) is 17.7 Å². The Morgan fingerprint density at radius 2 is 1.75 bits per heavy atom. The summed E-state index contributed by atoms with van der Waals surface area (Å²) in [6.07, 6.45) is 8.50. The average Bonchev–Trinajstić information content (AvgIpc) is 3.16. The van der Waals surface area contributed by atoms with Gasteiger partial charge in [0.15, 0.2) is 5.11 Å². The summed E-state index contributed by atoms with van der Waals surface area (Å²) >= 11 is 7.16. The van der Waals surface area contributed by atoms with E-state index in [1.165, 1.54) is 43.2 Å². The molecule has 2 aromatic carbocycles. The first kappa shape index (κ1) is 20.3. The summed E-state index contributed by atoms with van der Waals surface area (Å²) in [6.45, 7) is 0. The average molecular weight is 462 g/mol. The van der Waals surface area contributed by atoms with Gasteiger partial charge in [0.25, 0.3) is 0 Å². The molecule has 0 spiro atoms. The van der Waals surface area contributed by atoms with Crippen molar-refractivity contribution in [2.75, 3.05) is 5.32 Å². The number of fused-ring (bicyclic) bond motifs is 1. The first-order chi connectivity index (χ1) is 15.5. The second kappa shape index (κ2) is 7.92. The van der Waals surface area contributed by atoms with Crippen LogP contribution >= 0.6 is 23.6 Å². The van der Waals surface area contributed by atoms with Crippen molar-refractivity contribution in [3.63, 3.8) is 0 Å². The summed E-state index contributed by atoms with van der Waals surface area (Å²) in [5.74, 6) is 2.62. The molecule has 0 unspecified atom stereocenters. The molecule has 1 heterocycles. The van der Waals surface area contributed by atoms with Crippen molar-refractivity contribution < 1.29 is 4.79 Å². The van der Waals surface area contributed by atoms with E-state index in [4.69, 9.17) is 17.2 Å². The normalized spacial score (nSPS) is 28.1. The van der Waals surface area contributed by atoms with Crippen LogP contribution in [0, 0.1) is 23.2 Å². The number of para-hydroxylation sites is 1. The van der Waals surface area contributed by atoms with Crippen LogP contribution in [0.4, 0.5) is 5.69 Å². The number of nitrogens with one attached hydrogen (secondary N) is 2. The number of nitrogens with zero attached hydrogens (tertiary/aromatic N) is 1. The lowest BCUT2D eigenvalue weighted by atomic mass is 9.49. The van der Waals surface area contributed by atoms with Gasteiger partial charge in [-0.1, -0.05) is 24.3 Å². The number of carbonyl (C=O) groups excluding carboxylic acids is 1. The minimum Gasteiger partial charge on any atom is -0.332 e. The Bertz CT molecular complexity index is 1130. The summed E-state index contributed by atoms with van der Waals surface area (Å²) in [6, 6.07) is 16.2. The number of rotatable bonds is 4. The van der Waals surface area contributed by atoms with Gasteiger partial charge in [-0.3, -0.25) is 4.79 Å². The molecule has 0 aliphatic heterocycles. The topological polar surface area (TPSA) is 54.0 Å². The predicted molar refractivity (Wildman–Crippen MR) is 135 cm³/mol. The highest BCUT2D eigenvalue weighted by atomic mass is 32.1. The maximum atomic E-state index is 12.9. The molecule has 4 bridgehead atoms. The Hall–Kier alpha value is -2.31. The van der Waals surface area contributed by atoms with Gasteiger partial charge in [-0.2, -0.15) is 0 Å². The number of benzene rings is 2. The maximum absolute atomic E-state index is 12.9. The lowest BCUT2D eigenvalue weighted by molar-refractivity contribution is -0.127. The first-order valence-corrected chi connectivity index (χ1v) is 12.8. The molecule has 32 heavy (non-hydrogen) atoms. The molecule has 4 fully saturated rings. The van der Waals surface area contributed by atoms with Crippen LogP contribution in [0.5, 0.6) is 0 Å². The number of hydrogen-bond donors (Lipinski definition) is 2. The molecule has 164 valence electrons. The molecular formula is C26H27N3OS2. The van der Waals surface area contributed by atoms with Crippen LogP contribution in [0.15, 0.2) is 48.5 Å². The van der Waals surface area contributed by atoms with E-state index in [1.54, 1.807) is 11.3 Å². The summed E-state index contributed by atoms with van der Waals surface area (Å²) in [7, 11) is 0. The minimum absolute atomic E-state index is 0.0618. The summed E-state index contributed by atoms with van der Waals surface area (Å²) in [5.41, 5.74) is 3.14. The van der Waals surface area contributed by atoms with E-state index in [0.29, 0.717) is 11.5 Å². The van der Waals surface area contributed by atoms with E-state index in [2.05, 4.69) is 22.8 Å². The second-order valence-corrected chi connectivity index (χ2v) is 11.6. The fraction of sp³-hybridized carbons (Fsp3) is 0.423. The highest BCUT2D eigenvalue weighted by Gasteiger charge is 2.51. The Kier molecular flexibility index (Phi) is 5.03. The van der Waals surface area contributed by atoms with Gasteiger partial charge in [-0.15, -0.1) is 11.3 Å². The number of amides is 1. The number of hydrogen-bond acceptors (Lipinski definition) is 4. The zero-order valence-electron chi connectivity index (χ0n) is 18.0. The molecule has 4 aliphatic carbocycles. The van der Waals surface area contributed by atoms with E-state index in [-0.39, 0.29) is 11.3 Å². The molecule has 3 aromatic rings. The molecule has 1 amide bonds. The highest BCUT2D eigenvalue weighted by Crippen LogP contribution is 2.61. The van der Waals surface area contributed by atoms with Crippen molar-refractivity contribution in [1.82, 2.24) is 10.3 Å². The third kappa shape index (κ3) is 3.95. The second-order valence-electron chi connectivity index (χ2n) is 10.2. The third-order valence-corrected chi connectivity index (χ3v) is 8.90. The number of thiocarbonyl (C=S) groups is 1. The SMILES string of the molecule is O=C(CC12CC3CC(CC(C3)C1)C2)NC(=S)Nc1cccc(-c2nc3ccccc3s2)c1. The maximum Gasteiger partial charge on any atom is 0.226 e. The Labute approximate surface area is 197 Å². The van der Waals surface area contributed by atoms with Crippen LogP contribution < -0.4 is 10.6 Å². The minimum atomic E-state index is 0.0618. The summed E-state index contributed by atoms with van der Waals surface area (Å²) < 4.78 is 1.17. The molecule has 0 radical (unpaired) electrons. The van der Waals surface area contributed by atoms with Crippen molar-refractivity contribution >= 4 is 50.5 Å². The molecule has 4 saturated carbocycles. The molecule has 0 saturated heterocycles. The molecule has 0 atom stereocenters. The molecular weight excluding hydrogens is 434 g/mol. The number of aromatic nitrogens is 1. The summed E-state index contributed by atoms with van der Waals surface area (Å²) in [5, 5.41) is 7.51. The van der Waals surface area contributed by atoms with Gasteiger partial charge in [0.05, 0.1) is 10.2 Å². The zero-order chi connectivity index (χ0) is 21.7. The van der Waals surface area contributed by atoms with Gasteiger partial charge in [0.2, 0.25) is 5.91 Å². The molecule has 6 heteroatoms. The van der Waals surface area contributed by atoms with Crippen LogP contribution in [0.25, 0.3) is 20.8 Å². The standard InChI is InChI=1S/C26H27N3OS2/c30-23(15-26-12-16-8-17(13-26)10-18(9-16)14-26)29-25(31)27-20-5-3-4-19(11-20)24-28-21-6-1-2-7-22(21)32-24/h1-7,11,16-18H,8-10,12-15H2,(H2,27,29,30,31). The van der Waals surface area contributed by atoms with Gasteiger partial charge >= 0.3 is 0 Å². The van der Waals surface area contributed by atoms with Crippen LogP contribution in [0.3, 0.4) is 0 Å². The van der Waals surface area contributed by atoms with Crippen LogP contribution in [0.1, 0.15) is 44.9 Å². The third-order valence-electron chi connectivity index (χ3n) is 7.61. The Balaban J connectivity index is 1.10. The molecule has 4 aliphatic rings. The van der Waals surface area contributed by atoms with Crippen molar-refractivity contribution in [2.45, 2.75) is 44.9 Å². The molecule has 4 nitrogen and oxygen atoms in total. The van der Waals surface area contributed by atoms with Crippen molar-refractivity contribution in [3.8, 4) is 10.6 Å². The fourth-order valence-corrected chi connectivity index (χ4v) is 8.10. The quantitative estimate of drug-likeness (QED) is 0.443. The lowest BCUT2D eigenvalue weighted by Crippen LogP contribution is -2.48. The van der Waals surface area contributed by atoms with Crippen LogP contribution in [-0.2, 0) is 4.79 Å². The fourth-order valence-electron chi connectivity index (χ4n) is 6.91. The number of thiazole rings is 1. The van der Waals surface area contributed by atoms with Crippen LogP contribution in [-0.4, -0.2) is 16.0 Å². The molecule has 1 aromatic heterocycles. The van der Waals surface area contributed by atoms with E-state index in [1.807, 2.05) is 36.4 Å². The van der Waals surface area contributed by atoms with Crippen LogP contribution in [0.2, 0.25) is 0 Å². The lowest BCUT2D eigenvalue weighted by Gasteiger charge is -2.56. The monoisotopic (exact) mass is 461 g/mol. The predicted octanol–water partition coefficient (Wildman–Crippen LogP) is 6.38. The first-order valence-electron chi connectivity index (χ1n) is 11.6. The smallest absolute Gasteiger partial charge is 0.226 e. The number of carbonyl (C=O) groups is 1. The molecule has 2 N–H and O–H groups in total. The van der Waals surface area contributed by atoms with Gasteiger partial charge in [-0.25, -0.2) is 4.98 Å². The largest absolute Gasteiger partial charge is 0.332 e.